The Morgan fingerprint density at radius 2 is 1.65 bits per heavy atom. The fourth-order valence-corrected chi connectivity index (χ4v) is 1.59. The molecule has 0 unspecified atom stereocenters. The first-order valence-corrected chi connectivity index (χ1v) is 5.53. The molecule has 0 bridgehead atoms. The molecule has 0 aliphatic rings. The summed E-state index contributed by atoms with van der Waals surface area (Å²) in [6.07, 6.45) is 0.375. The van der Waals surface area contributed by atoms with Crippen LogP contribution in [0.3, 0.4) is 0 Å². The van der Waals surface area contributed by atoms with E-state index in [4.69, 9.17) is 4.74 Å². The van der Waals surface area contributed by atoms with Crippen LogP contribution in [-0.4, -0.2) is 6.29 Å². The van der Waals surface area contributed by atoms with Gasteiger partial charge in [-0.3, -0.25) is 4.79 Å². The van der Waals surface area contributed by atoms with Crippen LogP contribution in [0.2, 0.25) is 0 Å². The lowest BCUT2D eigenvalue weighted by molar-refractivity contribution is 0.111. The highest BCUT2D eigenvalue weighted by Gasteiger charge is 2.13. The standard InChI is InChI=1S/C14H8F4O2/c15-10-3-1-2-8(6-19)14(10)20-7-9-4-12(17)13(18)5-11(9)16/h1-6H,7H2. The molecule has 0 N–H and O–H groups in total. The second-order valence-electron chi connectivity index (χ2n) is 3.92. The molecule has 0 aliphatic carbocycles. The summed E-state index contributed by atoms with van der Waals surface area (Å²) in [5.74, 6) is -4.77. The number of hydrogen-bond acceptors (Lipinski definition) is 2. The third kappa shape index (κ3) is 2.79. The van der Waals surface area contributed by atoms with E-state index < -0.39 is 29.9 Å². The molecule has 0 aliphatic heterocycles. The Morgan fingerprint density at radius 3 is 2.35 bits per heavy atom. The summed E-state index contributed by atoms with van der Waals surface area (Å²) in [5, 5.41) is 0. The molecular weight excluding hydrogens is 276 g/mol. The largest absolute Gasteiger partial charge is 0.485 e. The van der Waals surface area contributed by atoms with Gasteiger partial charge in [0, 0.05) is 11.6 Å². The number of hydrogen-bond donors (Lipinski definition) is 0. The summed E-state index contributed by atoms with van der Waals surface area (Å²) >= 11 is 0. The first-order chi connectivity index (χ1) is 9.52. The Balaban J connectivity index is 2.25. The van der Waals surface area contributed by atoms with E-state index in [0.717, 1.165) is 6.07 Å². The summed E-state index contributed by atoms with van der Waals surface area (Å²) < 4.78 is 57.5. The van der Waals surface area contributed by atoms with Crippen molar-refractivity contribution < 1.29 is 27.1 Å². The summed E-state index contributed by atoms with van der Waals surface area (Å²) in [7, 11) is 0. The fraction of sp³-hybridized carbons (Fsp3) is 0.0714. The molecule has 0 radical (unpaired) electrons. The summed E-state index contributed by atoms with van der Waals surface area (Å²) in [4.78, 5) is 10.7. The lowest BCUT2D eigenvalue weighted by Crippen LogP contribution is -2.04. The van der Waals surface area contributed by atoms with Crippen LogP contribution >= 0.6 is 0 Å². The predicted molar refractivity (Wildman–Crippen MR) is 62.4 cm³/mol. The first kappa shape index (κ1) is 14.0. The highest BCUT2D eigenvalue weighted by atomic mass is 19.2. The van der Waals surface area contributed by atoms with E-state index in [2.05, 4.69) is 0 Å². The van der Waals surface area contributed by atoms with Gasteiger partial charge in [0.25, 0.3) is 0 Å². The van der Waals surface area contributed by atoms with Crippen molar-refractivity contribution in [3.8, 4) is 5.75 Å². The maximum atomic E-state index is 13.5. The van der Waals surface area contributed by atoms with E-state index in [1.165, 1.54) is 12.1 Å². The van der Waals surface area contributed by atoms with Gasteiger partial charge in [-0.05, 0) is 18.2 Å². The number of ether oxygens (including phenoxy) is 1. The van der Waals surface area contributed by atoms with Gasteiger partial charge in [0.15, 0.2) is 29.5 Å². The van der Waals surface area contributed by atoms with Crippen molar-refractivity contribution >= 4 is 6.29 Å². The second kappa shape index (κ2) is 5.73. The van der Waals surface area contributed by atoms with Crippen molar-refractivity contribution in [2.24, 2.45) is 0 Å². The Kier molecular flexibility index (Phi) is 4.02. The van der Waals surface area contributed by atoms with Crippen LogP contribution in [0.5, 0.6) is 5.75 Å². The van der Waals surface area contributed by atoms with Gasteiger partial charge in [0.1, 0.15) is 12.4 Å². The number of benzene rings is 2. The molecule has 0 fully saturated rings. The van der Waals surface area contributed by atoms with Gasteiger partial charge in [-0.1, -0.05) is 6.07 Å². The number of para-hydroxylation sites is 1. The quantitative estimate of drug-likeness (QED) is 0.487. The Labute approximate surface area is 111 Å². The molecule has 2 aromatic carbocycles. The number of carbonyl (C=O) groups excluding carboxylic acids is 1. The molecule has 0 spiro atoms. The third-order valence-electron chi connectivity index (χ3n) is 2.59. The van der Waals surface area contributed by atoms with Crippen molar-refractivity contribution in [3.05, 3.63) is 64.7 Å². The van der Waals surface area contributed by atoms with E-state index in [9.17, 15) is 22.4 Å². The van der Waals surface area contributed by atoms with Crippen LogP contribution in [0.25, 0.3) is 0 Å². The second-order valence-corrected chi connectivity index (χ2v) is 3.92. The molecule has 20 heavy (non-hydrogen) atoms. The zero-order valence-corrected chi connectivity index (χ0v) is 10.00. The van der Waals surface area contributed by atoms with Crippen LogP contribution in [0.15, 0.2) is 30.3 Å². The van der Waals surface area contributed by atoms with Crippen molar-refractivity contribution in [3.63, 3.8) is 0 Å². The van der Waals surface area contributed by atoms with E-state index in [1.807, 2.05) is 0 Å². The third-order valence-corrected chi connectivity index (χ3v) is 2.59. The Morgan fingerprint density at radius 1 is 0.950 bits per heavy atom. The number of halogens is 4. The summed E-state index contributed by atoms with van der Waals surface area (Å²) in [6, 6.07) is 4.67. The van der Waals surface area contributed by atoms with Crippen molar-refractivity contribution in [1.82, 2.24) is 0 Å². The monoisotopic (exact) mass is 284 g/mol. The fourth-order valence-electron chi connectivity index (χ4n) is 1.59. The van der Waals surface area contributed by atoms with E-state index >= 15 is 0 Å². The first-order valence-electron chi connectivity index (χ1n) is 5.53. The minimum absolute atomic E-state index is 0.0620. The summed E-state index contributed by atoms with van der Waals surface area (Å²) in [6.45, 7) is -0.537. The predicted octanol–water partition coefficient (Wildman–Crippen LogP) is 3.63. The topological polar surface area (TPSA) is 26.3 Å². The van der Waals surface area contributed by atoms with E-state index in [0.29, 0.717) is 18.4 Å². The Hall–Kier alpha value is -2.37. The van der Waals surface area contributed by atoms with Gasteiger partial charge in [-0.25, -0.2) is 17.6 Å². The smallest absolute Gasteiger partial charge is 0.165 e. The van der Waals surface area contributed by atoms with Crippen LogP contribution < -0.4 is 4.74 Å². The highest BCUT2D eigenvalue weighted by Crippen LogP contribution is 2.23. The lowest BCUT2D eigenvalue weighted by atomic mass is 10.2. The molecule has 0 saturated heterocycles. The molecule has 0 aromatic heterocycles. The zero-order chi connectivity index (χ0) is 14.7. The van der Waals surface area contributed by atoms with E-state index in [-0.39, 0.29) is 16.9 Å². The average Bonchev–Trinajstić information content (AvgIpc) is 2.42. The van der Waals surface area contributed by atoms with Crippen molar-refractivity contribution in [2.45, 2.75) is 6.61 Å². The van der Waals surface area contributed by atoms with E-state index in [1.54, 1.807) is 0 Å². The molecule has 0 atom stereocenters. The van der Waals surface area contributed by atoms with Crippen LogP contribution in [0.1, 0.15) is 15.9 Å². The highest BCUT2D eigenvalue weighted by molar-refractivity contribution is 5.79. The lowest BCUT2D eigenvalue weighted by Gasteiger charge is -2.10. The zero-order valence-electron chi connectivity index (χ0n) is 10.00. The van der Waals surface area contributed by atoms with Gasteiger partial charge in [0.2, 0.25) is 0 Å². The summed E-state index contributed by atoms with van der Waals surface area (Å²) in [5.41, 5.74) is -0.350. The van der Waals surface area contributed by atoms with Crippen molar-refractivity contribution in [2.75, 3.05) is 0 Å². The Bertz CT molecular complexity index is 656. The minimum Gasteiger partial charge on any atom is -0.485 e. The normalized spacial score (nSPS) is 10.4. The molecule has 2 rings (SSSR count). The molecule has 2 nitrogen and oxygen atoms in total. The minimum atomic E-state index is -1.33. The molecule has 6 heteroatoms. The van der Waals surface area contributed by atoms with Gasteiger partial charge < -0.3 is 4.74 Å². The SMILES string of the molecule is O=Cc1cccc(F)c1OCc1cc(F)c(F)cc1F. The number of carbonyl (C=O) groups is 1. The van der Waals surface area contributed by atoms with Crippen LogP contribution in [-0.2, 0) is 6.61 Å². The van der Waals surface area contributed by atoms with Crippen LogP contribution in [0.4, 0.5) is 17.6 Å². The maximum Gasteiger partial charge on any atom is 0.165 e. The van der Waals surface area contributed by atoms with Crippen LogP contribution in [0, 0.1) is 23.3 Å². The molecular formula is C14H8F4O2. The molecule has 0 amide bonds. The maximum absolute atomic E-state index is 13.5. The molecule has 0 heterocycles. The van der Waals surface area contributed by atoms with Gasteiger partial charge in [-0.15, -0.1) is 0 Å². The number of aldehydes is 1. The van der Waals surface area contributed by atoms with Gasteiger partial charge in [-0.2, -0.15) is 0 Å². The molecule has 104 valence electrons. The van der Waals surface area contributed by atoms with Crippen molar-refractivity contribution in [1.29, 1.82) is 0 Å². The average molecular weight is 284 g/mol. The van der Waals surface area contributed by atoms with Gasteiger partial charge >= 0.3 is 0 Å². The molecule has 0 saturated carbocycles. The van der Waals surface area contributed by atoms with Gasteiger partial charge in [0.05, 0.1) is 5.56 Å². The molecule has 2 aromatic rings. The number of rotatable bonds is 4.